The van der Waals surface area contributed by atoms with Crippen LogP contribution in [0, 0.1) is 0 Å². The molecule has 0 saturated heterocycles. The van der Waals surface area contributed by atoms with E-state index < -0.39 is 5.72 Å². The Balaban J connectivity index is 2.42. The standard InChI is InChI=1S/C5H6N6O/c1-12-5(2-3-6-9-5)4-7-10-11-8-4/h2-3H,1H3,(H,7,8,10,11). The molecule has 1 aromatic rings. The molecule has 0 spiro atoms. The lowest BCUT2D eigenvalue weighted by molar-refractivity contribution is 0.0280. The van der Waals surface area contributed by atoms with Gasteiger partial charge in [0.15, 0.2) is 0 Å². The first-order valence-electron chi connectivity index (χ1n) is 3.26. The Morgan fingerprint density at radius 3 is 3.00 bits per heavy atom. The maximum atomic E-state index is 5.11. The zero-order valence-electron chi connectivity index (χ0n) is 6.30. The van der Waals surface area contributed by atoms with Crippen molar-refractivity contribution in [3.8, 4) is 0 Å². The maximum absolute atomic E-state index is 5.11. The summed E-state index contributed by atoms with van der Waals surface area (Å²) in [7, 11) is 1.50. The highest BCUT2D eigenvalue weighted by Gasteiger charge is 2.36. The Morgan fingerprint density at radius 1 is 1.58 bits per heavy atom. The summed E-state index contributed by atoms with van der Waals surface area (Å²) in [5.74, 6) is 0.350. The van der Waals surface area contributed by atoms with Gasteiger partial charge in [-0.15, -0.1) is 15.3 Å². The third kappa shape index (κ3) is 0.832. The van der Waals surface area contributed by atoms with E-state index >= 15 is 0 Å². The van der Waals surface area contributed by atoms with Gasteiger partial charge in [-0.1, -0.05) is 0 Å². The van der Waals surface area contributed by atoms with Crippen molar-refractivity contribution in [3.63, 3.8) is 0 Å². The summed E-state index contributed by atoms with van der Waals surface area (Å²) in [6.45, 7) is 0. The minimum absolute atomic E-state index is 0.350. The van der Waals surface area contributed by atoms with Crippen molar-refractivity contribution >= 4 is 0 Å². The predicted octanol–water partition coefficient (Wildman–Crippen LogP) is -0.0216. The molecular formula is C5H6N6O. The summed E-state index contributed by atoms with van der Waals surface area (Å²) in [4.78, 5) is 0. The van der Waals surface area contributed by atoms with Crippen LogP contribution in [0.5, 0.6) is 0 Å². The van der Waals surface area contributed by atoms with Crippen molar-refractivity contribution in [2.75, 3.05) is 7.11 Å². The van der Waals surface area contributed by atoms with Gasteiger partial charge in [0.1, 0.15) is 0 Å². The zero-order valence-corrected chi connectivity index (χ0v) is 6.30. The molecule has 12 heavy (non-hydrogen) atoms. The van der Waals surface area contributed by atoms with Gasteiger partial charge < -0.3 is 4.74 Å². The van der Waals surface area contributed by atoms with E-state index in [1.54, 1.807) is 6.08 Å². The maximum Gasteiger partial charge on any atom is 0.264 e. The van der Waals surface area contributed by atoms with E-state index in [1.807, 2.05) is 0 Å². The van der Waals surface area contributed by atoms with E-state index in [1.165, 1.54) is 13.3 Å². The molecule has 0 amide bonds. The number of H-pyrrole nitrogens is 1. The minimum atomic E-state index is -0.979. The lowest BCUT2D eigenvalue weighted by Gasteiger charge is -2.14. The Morgan fingerprint density at radius 2 is 2.50 bits per heavy atom. The van der Waals surface area contributed by atoms with Crippen LogP contribution in [-0.2, 0) is 10.5 Å². The average Bonchev–Trinajstić information content (AvgIpc) is 2.76. The fourth-order valence-electron chi connectivity index (χ4n) is 0.920. The molecular weight excluding hydrogens is 160 g/mol. The molecule has 1 aliphatic rings. The van der Waals surface area contributed by atoms with E-state index in [9.17, 15) is 0 Å². The van der Waals surface area contributed by atoms with E-state index in [2.05, 4.69) is 30.9 Å². The van der Waals surface area contributed by atoms with Crippen molar-refractivity contribution < 1.29 is 4.74 Å². The smallest absolute Gasteiger partial charge is 0.264 e. The molecule has 1 unspecified atom stereocenters. The molecule has 0 bridgehead atoms. The van der Waals surface area contributed by atoms with Gasteiger partial charge in [0.05, 0.1) is 6.20 Å². The molecule has 2 rings (SSSR count). The van der Waals surface area contributed by atoms with Crippen LogP contribution in [0.2, 0.25) is 0 Å². The summed E-state index contributed by atoms with van der Waals surface area (Å²) in [5.41, 5.74) is -0.979. The molecule has 0 aromatic carbocycles. The number of rotatable bonds is 2. The van der Waals surface area contributed by atoms with Crippen LogP contribution in [0.4, 0.5) is 0 Å². The molecule has 0 aliphatic carbocycles. The second-order valence-electron chi connectivity index (χ2n) is 2.17. The molecule has 2 heterocycles. The minimum Gasteiger partial charge on any atom is -0.346 e. The van der Waals surface area contributed by atoms with E-state index in [0.29, 0.717) is 5.82 Å². The van der Waals surface area contributed by atoms with Crippen LogP contribution in [-0.4, -0.2) is 27.7 Å². The van der Waals surface area contributed by atoms with Crippen LogP contribution in [0.15, 0.2) is 22.5 Å². The number of nitrogens with one attached hydrogen (secondary N) is 1. The van der Waals surface area contributed by atoms with Crippen LogP contribution in [0.1, 0.15) is 5.82 Å². The SMILES string of the molecule is COC1(c2nn[nH]n2)C=CN=N1. The van der Waals surface area contributed by atoms with Crippen LogP contribution in [0.25, 0.3) is 0 Å². The number of methoxy groups -OCH3 is 1. The van der Waals surface area contributed by atoms with Crippen molar-refractivity contribution in [1.29, 1.82) is 0 Å². The van der Waals surface area contributed by atoms with Gasteiger partial charge in [-0.25, -0.2) is 0 Å². The van der Waals surface area contributed by atoms with Crippen molar-refractivity contribution in [1.82, 2.24) is 20.6 Å². The number of ether oxygens (including phenoxy) is 1. The molecule has 7 nitrogen and oxygen atoms in total. The second-order valence-corrected chi connectivity index (χ2v) is 2.17. The molecule has 62 valence electrons. The molecule has 1 atom stereocenters. The third-order valence-corrected chi connectivity index (χ3v) is 1.55. The van der Waals surface area contributed by atoms with E-state index in [-0.39, 0.29) is 0 Å². The van der Waals surface area contributed by atoms with Crippen LogP contribution < -0.4 is 0 Å². The average molecular weight is 166 g/mol. The third-order valence-electron chi connectivity index (χ3n) is 1.55. The lowest BCUT2D eigenvalue weighted by Crippen LogP contribution is -2.23. The van der Waals surface area contributed by atoms with Gasteiger partial charge in [-0.2, -0.15) is 10.3 Å². The zero-order chi connectivity index (χ0) is 8.44. The molecule has 1 aromatic heterocycles. The first kappa shape index (κ1) is 7.04. The monoisotopic (exact) mass is 166 g/mol. The van der Waals surface area contributed by atoms with Gasteiger partial charge in [-0.05, 0) is 11.3 Å². The lowest BCUT2D eigenvalue weighted by atomic mass is 10.2. The van der Waals surface area contributed by atoms with Crippen LogP contribution >= 0.6 is 0 Å². The fourth-order valence-corrected chi connectivity index (χ4v) is 0.920. The number of azo groups is 1. The summed E-state index contributed by atoms with van der Waals surface area (Å²) in [6.07, 6.45) is 3.18. The van der Waals surface area contributed by atoms with E-state index in [4.69, 9.17) is 4.74 Å². The number of aromatic nitrogens is 4. The van der Waals surface area contributed by atoms with Crippen molar-refractivity contribution in [3.05, 3.63) is 18.1 Å². The highest BCUT2D eigenvalue weighted by atomic mass is 16.5. The topological polar surface area (TPSA) is 88.4 Å². The second kappa shape index (κ2) is 2.45. The summed E-state index contributed by atoms with van der Waals surface area (Å²) in [5, 5.41) is 20.8. The quantitative estimate of drug-likeness (QED) is 0.668. The molecule has 1 aliphatic heterocycles. The molecule has 0 saturated carbocycles. The number of aromatic amines is 1. The van der Waals surface area contributed by atoms with Gasteiger partial charge in [0, 0.05) is 7.11 Å². The Labute approximate surface area is 67.5 Å². The van der Waals surface area contributed by atoms with Gasteiger partial charge >= 0.3 is 0 Å². The number of hydrogen-bond donors (Lipinski definition) is 1. The van der Waals surface area contributed by atoms with Gasteiger partial charge in [0.2, 0.25) is 5.82 Å². The Hall–Kier alpha value is -1.63. The van der Waals surface area contributed by atoms with Gasteiger partial charge in [0.25, 0.3) is 5.72 Å². The number of nitrogens with zero attached hydrogens (tertiary/aromatic N) is 5. The van der Waals surface area contributed by atoms with Crippen LogP contribution in [0.3, 0.4) is 0 Å². The summed E-state index contributed by atoms with van der Waals surface area (Å²) in [6, 6.07) is 0. The molecule has 7 heteroatoms. The first-order valence-corrected chi connectivity index (χ1v) is 3.26. The summed E-state index contributed by atoms with van der Waals surface area (Å²) < 4.78 is 5.11. The first-order chi connectivity index (χ1) is 5.87. The summed E-state index contributed by atoms with van der Waals surface area (Å²) >= 11 is 0. The van der Waals surface area contributed by atoms with Crippen molar-refractivity contribution in [2.24, 2.45) is 10.2 Å². The van der Waals surface area contributed by atoms with Gasteiger partial charge in [-0.3, -0.25) is 0 Å². The highest BCUT2D eigenvalue weighted by Crippen LogP contribution is 2.28. The fraction of sp³-hybridized carbons (Fsp3) is 0.400. The normalized spacial score (nSPS) is 26.8. The molecule has 1 N–H and O–H groups in total. The van der Waals surface area contributed by atoms with Crippen molar-refractivity contribution in [2.45, 2.75) is 5.72 Å². The molecule has 0 radical (unpaired) electrons. The predicted molar refractivity (Wildman–Crippen MR) is 36.9 cm³/mol. The Kier molecular flexibility index (Phi) is 1.44. The van der Waals surface area contributed by atoms with E-state index in [0.717, 1.165) is 0 Å². The number of tetrazole rings is 1. The molecule has 0 fully saturated rings. The largest absolute Gasteiger partial charge is 0.346 e. The Bertz CT molecular complexity index is 303. The number of hydrogen-bond acceptors (Lipinski definition) is 6. The highest BCUT2D eigenvalue weighted by molar-refractivity contribution is 5.12.